The second-order valence-electron chi connectivity index (χ2n) is 5.97. The van der Waals surface area contributed by atoms with E-state index in [1.807, 2.05) is 42.5 Å². The Morgan fingerprint density at radius 2 is 1.58 bits per heavy atom. The maximum Gasteiger partial charge on any atom is 0.279 e. The van der Waals surface area contributed by atoms with E-state index in [0.717, 1.165) is 11.1 Å². The van der Waals surface area contributed by atoms with E-state index >= 15 is 0 Å². The standard InChI is InChI=1S/C21H16FN3O/c22-16-7-4-8-18(13-16)25-21(26)19(14-9-11-17(23)12-10-14)20(24-25)15-5-2-1-3-6-15/h1-13,24H,23H2. The van der Waals surface area contributed by atoms with Crippen molar-refractivity contribution in [3.63, 3.8) is 0 Å². The zero-order valence-electron chi connectivity index (χ0n) is 13.8. The molecule has 3 aromatic carbocycles. The van der Waals surface area contributed by atoms with Crippen LogP contribution >= 0.6 is 0 Å². The van der Waals surface area contributed by atoms with Crippen LogP contribution in [0.2, 0.25) is 0 Å². The monoisotopic (exact) mass is 345 g/mol. The van der Waals surface area contributed by atoms with Gasteiger partial charge in [-0.1, -0.05) is 48.5 Å². The first kappa shape index (κ1) is 15.9. The van der Waals surface area contributed by atoms with Gasteiger partial charge in [-0.25, -0.2) is 9.07 Å². The highest BCUT2D eigenvalue weighted by atomic mass is 19.1. The third-order valence-corrected chi connectivity index (χ3v) is 4.22. The minimum atomic E-state index is -0.403. The van der Waals surface area contributed by atoms with Crippen molar-refractivity contribution in [1.82, 2.24) is 9.78 Å². The van der Waals surface area contributed by atoms with Gasteiger partial charge in [-0.2, -0.15) is 0 Å². The number of rotatable bonds is 3. The molecular formula is C21H16FN3O. The van der Waals surface area contributed by atoms with Gasteiger partial charge in [-0.3, -0.25) is 9.89 Å². The lowest BCUT2D eigenvalue weighted by molar-refractivity contribution is 0.625. The van der Waals surface area contributed by atoms with Crippen LogP contribution in [-0.4, -0.2) is 9.78 Å². The van der Waals surface area contributed by atoms with Crippen molar-refractivity contribution in [2.24, 2.45) is 0 Å². The number of nitrogens with one attached hydrogen (secondary N) is 1. The molecule has 0 bridgehead atoms. The first-order valence-electron chi connectivity index (χ1n) is 8.16. The molecule has 0 aliphatic heterocycles. The lowest BCUT2D eigenvalue weighted by Crippen LogP contribution is -2.15. The molecule has 128 valence electrons. The highest BCUT2D eigenvalue weighted by Gasteiger charge is 2.18. The van der Waals surface area contributed by atoms with Crippen LogP contribution in [0.1, 0.15) is 0 Å². The maximum absolute atomic E-state index is 13.6. The van der Waals surface area contributed by atoms with E-state index in [1.165, 1.54) is 16.8 Å². The first-order valence-corrected chi connectivity index (χ1v) is 8.16. The number of hydrogen-bond acceptors (Lipinski definition) is 2. The molecule has 0 spiro atoms. The summed E-state index contributed by atoms with van der Waals surface area (Å²) in [5.74, 6) is -0.403. The van der Waals surface area contributed by atoms with Gasteiger partial charge >= 0.3 is 0 Å². The number of anilines is 1. The molecule has 0 unspecified atom stereocenters. The van der Waals surface area contributed by atoms with Crippen LogP contribution in [0.25, 0.3) is 28.1 Å². The van der Waals surface area contributed by atoms with E-state index in [4.69, 9.17) is 5.73 Å². The number of nitrogens with zero attached hydrogens (tertiary/aromatic N) is 1. The topological polar surface area (TPSA) is 63.8 Å². The number of benzene rings is 3. The number of aromatic amines is 1. The van der Waals surface area contributed by atoms with Crippen LogP contribution in [-0.2, 0) is 0 Å². The van der Waals surface area contributed by atoms with Crippen molar-refractivity contribution in [2.75, 3.05) is 5.73 Å². The first-order chi connectivity index (χ1) is 12.6. The van der Waals surface area contributed by atoms with Crippen LogP contribution in [0.5, 0.6) is 0 Å². The van der Waals surface area contributed by atoms with Gasteiger partial charge in [0.15, 0.2) is 0 Å². The van der Waals surface area contributed by atoms with Gasteiger partial charge in [-0.15, -0.1) is 0 Å². The number of hydrogen-bond donors (Lipinski definition) is 2. The number of aromatic nitrogens is 2. The quantitative estimate of drug-likeness (QED) is 0.546. The second-order valence-corrected chi connectivity index (χ2v) is 5.97. The highest BCUT2D eigenvalue weighted by molar-refractivity contribution is 5.81. The molecule has 26 heavy (non-hydrogen) atoms. The molecule has 0 atom stereocenters. The smallest absolute Gasteiger partial charge is 0.279 e. The molecule has 0 aliphatic carbocycles. The molecule has 4 aromatic rings. The zero-order chi connectivity index (χ0) is 18.1. The van der Waals surface area contributed by atoms with Crippen molar-refractivity contribution in [2.45, 2.75) is 0 Å². The van der Waals surface area contributed by atoms with Crippen molar-refractivity contribution in [3.8, 4) is 28.1 Å². The Morgan fingerprint density at radius 3 is 2.27 bits per heavy atom. The summed E-state index contributed by atoms with van der Waals surface area (Å²) in [7, 11) is 0. The average Bonchev–Trinajstić information content (AvgIpc) is 3.00. The summed E-state index contributed by atoms with van der Waals surface area (Å²) in [4.78, 5) is 13.1. The van der Waals surface area contributed by atoms with E-state index < -0.39 is 5.82 Å². The van der Waals surface area contributed by atoms with Crippen LogP contribution in [0, 0.1) is 5.82 Å². The predicted molar refractivity (Wildman–Crippen MR) is 102 cm³/mol. The molecule has 0 saturated heterocycles. The van der Waals surface area contributed by atoms with Gasteiger partial charge in [0.1, 0.15) is 5.82 Å². The number of H-pyrrole nitrogens is 1. The van der Waals surface area contributed by atoms with Crippen LogP contribution in [0.15, 0.2) is 83.7 Å². The van der Waals surface area contributed by atoms with Crippen molar-refractivity contribution < 1.29 is 4.39 Å². The Hall–Kier alpha value is -3.60. The highest BCUT2D eigenvalue weighted by Crippen LogP contribution is 2.29. The SMILES string of the molecule is Nc1ccc(-c2c(-c3ccccc3)[nH]n(-c3cccc(F)c3)c2=O)cc1. The number of nitrogens with two attached hydrogens (primary N) is 1. The fourth-order valence-corrected chi connectivity index (χ4v) is 2.97. The molecular weight excluding hydrogens is 329 g/mol. The van der Waals surface area contributed by atoms with E-state index in [0.29, 0.717) is 22.6 Å². The molecule has 0 aliphatic rings. The molecule has 0 fully saturated rings. The maximum atomic E-state index is 13.6. The van der Waals surface area contributed by atoms with E-state index in [2.05, 4.69) is 5.10 Å². The van der Waals surface area contributed by atoms with Crippen LogP contribution in [0.4, 0.5) is 10.1 Å². The summed E-state index contributed by atoms with van der Waals surface area (Å²) in [6, 6.07) is 22.6. The summed E-state index contributed by atoms with van der Waals surface area (Å²) in [5.41, 5.74) is 9.38. The Kier molecular flexibility index (Phi) is 3.89. The van der Waals surface area contributed by atoms with Crippen LogP contribution < -0.4 is 11.3 Å². The minimum absolute atomic E-state index is 0.251. The van der Waals surface area contributed by atoms with Crippen molar-refractivity contribution in [1.29, 1.82) is 0 Å². The third kappa shape index (κ3) is 2.80. The fourth-order valence-electron chi connectivity index (χ4n) is 2.97. The average molecular weight is 345 g/mol. The van der Waals surface area contributed by atoms with E-state index in [1.54, 1.807) is 24.3 Å². The minimum Gasteiger partial charge on any atom is -0.399 e. The molecule has 1 aromatic heterocycles. The zero-order valence-corrected chi connectivity index (χ0v) is 13.8. The van der Waals surface area contributed by atoms with Gasteiger partial charge in [0.2, 0.25) is 0 Å². The summed E-state index contributed by atoms with van der Waals surface area (Å²) >= 11 is 0. The molecule has 3 N–H and O–H groups in total. The lowest BCUT2D eigenvalue weighted by Gasteiger charge is -2.03. The lowest BCUT2D eigenvalue weighted by atomic mass is 10.0. The third-order valence-electron chi connectivity index (χ3n) is 4.22. The summed E-state index contributed by atoms with van der Waals surface area (Å²) < 4.78 is 15.0. The Balaban J connectivity index is 1.99. The van der Waals surface area contributed by atoms with E-state index in [9.17, 15) is 9.18 Å². The molecule has 0 amide bonds. The van der Waals surface area contributed by atoms with Crippen molar-refractivity contribution >= 4 is 5.69 Å². The second kappa shape index (κ2) is 6.37. The predicted octanol–water partition coefficient (Wildman–Crippen LogP) is 4.22. The summed E-state index contributed by atoms with van der Waals surface area (Å²) in [6.07, 6.45) is 0. The number of halogens is 1. The van der Waals surface area contributed by atoms with E-state index in [-0.39, 0.29) is 5.56 Å². The van der Waals surface area contributed by atoms with Gasteiger partial charge in [0, 0.05) is 11.3 Å². The Bertz CT molecular complexity index is 1110. The number of nitrogen functional groups attached to an aromatic ring is 1. The normalized spacial score (nSPS) is 10.8. The van der Waals surface area contributed by atoms with Gasteiger partial charge in [0.25, 0.3) is 5.56 Å². The van der Waals surface area contributed by atoms with Gasteiger partial charge in [0.05, 0.1) is 16.9 Å². The summed E-state index contributed by atoms with van der Waals surface area (Å²) in [5, 5.41) is 3.13. The molecule has 5 heteroatoms. The molecule has 4 rings (SSSR count). The molecule has 0 saturated carbocycles. The summed E-state index contributed by atoms with van der Waals surface area (Å²) in [6.45, 7) is 0. The van der Waals surface area contributed by atoms with Crippen LogP contribution in [0.3, 0.4) is 0 Å². The fraction of sp³-hybridized carbons (Fsp3) is 0. The largest absolute Gasteiger partial charge is 0.399 e. The molecule has 4 nitrogen and oxygen atoms in total. The van der Waals surface area contributed by atoms with Crippen molar-refractivity contribution in [3.05, 3.63) is 95.0 Å². The molecule has 0 radical (unpaired) electrons. The van der Waals surface area contributed by atoms with Gasteiger partial charge < -0.3 is 5.73 Å². The van der Waals surface area contributed by atoms with Gasteiger partial charge in [-0.05, 0) is 35.9 Å². The Morgan fingerprint density at radius 1 is 0.846 bits per heavy atom. The molecule has 1 heterocycles. The Labute approximate surface area is 149 Å².